The van der Waals surface area contributed by atoms with Crippen molar-refractivity contribution in [2.24, 2.45) is 5.92 Å². The Balaban J connectivity index is 2.55. The molecule has 1 rings (SSSR count). The van der Waals surface area contributed by atoms with Crippen molar-refractivity contribution in [3.8, 4) is 0 Å². The van der Waals surface area contributed by atoms with Crippen LogP contribution in [0.25, 0.3) is 0 Å². The van der Waals surface area contributed by atoms with E-state index in [4.69, 9.17) is 0 Å². The topological polar surface area (TPSA) is 78.0 Å². The van der Waals surface area contributed by atoms with E-state index in [1.54, 1.807) is 13.0 Å². The van der Waals surface area contributed by atoms with Crippen molar-refractivity contribution in [2.45, 2.75) is 46.1 Å². The Kier molecular flexibility index (Phi) is 4.90. The molecule has 0 spiro atoms. The molecule has 0 aliphatic carbocycles. The number of aromatic nitrogens is 2. The average Bonchev–Trinajstić information content (AvgIpc) is 2.83. The van der Waals surface area contributed by atoms with E-state index >= 15 is 0 Å². The Morgan fingerprint density at radius 2 is 2.28 bits per heavy atom. The summed E-state index contributed by atoms with van der Waals surface area (Å²) in [6, 6.07) is 1.73. The molecule has 0 aliphatic rings. The van der Waals surface area contributed by atoms with Gasteiger partial charge in [0.2, 0.25) is 0 Å². The van der Waals surface area contributed by atoms with E-state index in [2.05, 4.69) is 15.5 Å². The molecule has 0 fully saturated rings. The Bertz CT molecular complexity index is 399. The second kappa shape index (κ2) is 6.00. The first-order valence-electron chi connectivity index (χ1n) is 6.45. The quantitative estimate of drug-likeness (QED) is 0.719. The van der Waals surface area contributed by atoms with Gasteiger partial charge in [-0.05, 0) is 25.3 Å². The number of rotatable bonds is 6. The molecule has 2 atom stereocenters. The van der Waals surface area contributed by atoms with Gasteiger partial charge in [0.1, 0.15) is 5.69 Å². The summed E-state index contributed by atoms with van der Waals surface area (Å²) in [4.78, 5) is 11.8. The van der Waals surface area contributed by atoms with E-state index in [-0.39, 0.29) is 18.4 Å². The number of hydrogen-bond donors (Lipinski definition) is 3. The van der Waals surface area contributed by atoms with Gasteiger partial charge in [0.15, 0.2) is 0 Å². The number of carbonyl (C=O) groups excluding carboxylic acids is 1. The van der Waals surface area contributed by atoms with Gasteiger partial charge in [-0.25, -0.2) is 0 Å². The van der Waals surface area contributed by atoms with E-state index < -0.39 is 5.60 Å². The summed E-state index contributed by atoms with van der Waals surface area (Å²) in [6.45, 7) is 7.94. The fourth-order valence-corrected chi connectivity index (χ4v) is 1.62. The highest BCUT2D eigenvalue weighted by Crippen LogP contribution is 2.18. The summed E-state index contributed by atoms with van der Waals surface area (Å²) in [5.74, 6) is -0.127. The lowest BCUT2D eigenvalue weighted by Gasteiger charge is -2.29. The van der Waals surface area contributed by atoms with Crippen molar-refractivity contribution in [1.82, 2.24) is 15.5 Å². The highest BCUT2D eigenvalue weighted by Gasteiger charge is 2.27. The summed E-state index contributed by atoms with van der Waals surface area (Å²) in [6.07, 6.45) is 1.68. The van der Waals surface area contributed by atoms with Crippen LogP contribution in [-0.2, 0) is 6.42 Å². The third-order valence-corrected chi connectivity index (χ3v) is 3.53. The zero-order valence-corrected chi connectivity index (χ0v) is 11.6. The van der Waals surface area contributed by atoms with E-state index in [1.807, 2.05) is 20.8 Å². The maximum Gasteiger partial charge on any atom is 0.271 e. The van der Waals surface area contributed by atoms with Gasteiger partial charge < -0.3 is 10.4 Å². The molecule has 1 amide bonds. The van der Waals surface area contributed by atoms with Crippen LogP contribution in [0.3, 0.4) is 0 Å². The van der Waals surface area contributed by atoms with Crippen LogP contribution in [-0.4, -0.2) is 33.4 Å². The molecule has 3 N–H and O–H groups in total. The second-order valence-corrected chi connectivity index (χ2v) is 4.98. The number of carbonyl (C=O) groups is 1. The standard InChI is InChI=1S/C13H23N3O2/c1-5-9(3)13(4,18)8-14-12(17)11-7-10(6-2)15-16-11/h7,9,18H,5-6,8H2,1-4H3,(H,14,17)(H,15,16). The lowest BCUT2D eigenvalue weighted by atomic mass is 9.88. The maximum atomic E-state index is 11.8. The Morgan fingerprint density at radius 1 is 1.61 bits per heavy atom. The third-order valence-electron chi connectivity index (χ3n) is 3.53. The summed E-state index contributed by atoms with van der Waals surface area (Å²) in [5.41, 5.74) is 0.398. The number of aliphatic hydroxyl groups is 1. The smallest absolute Gasteiger partial charge is 0.271 e. The van der Waals surface area contributed by atoms with Gasteiger partial charge in [-0.3, -0.25) is 9.89 Å². The minimum Gasteiger partial charge on any atom is -0.388 e. The van der Waals surface area contributed by atoms with Crippen LogP contribution >= 0.6 is 0 Å². The number of amides is 1. The van der Waals surface area contributed by atoms with Gasteiger partial charge in [0, 0.05) is 12.2 Å². The van der Waals surface area contributed by atoms with Gasteiger partial charge in [0.25, 0.3) is 5.91 Å². The fourth-order valence-electron chi connectivity index (χ4n) is 1.62. The normalized spacial score (nSPS) is 16.1. The summed E-state index contributed by atoms with van der Waals surface area (Å²) in [5, 5.41) is 19.6. The molecule has 0 aliphatic heterocycles. The van der Waals surface area contributed by atoms with E-state index in [9.17, 15) is 9.90 Å². The predicted octanol–water partition coefficient (Wildman–Crippen LogP) is 1.50. The summed E-state index contributed by atoms with van der Waals surface area (Å²) in [7, 11) is 0. The molecule has 0 saturated heterocycles. The molecule has 5 nitrogen and oxygen atoms in total. The van der Waals surface area contributed by atoms with Crippen LogP contribution in [0.1, 0.15) is 50.3 Å². The molecule has 1 aromatic heterocycles. The second-order valence-electron chi connectivity index (χ2n) is 4.98. The first-order valence-corrected chi connectivity index (χ1v) is 6.45. The highest BCUT2D eigenvalue weighted by molar-refractivity contribution is 5.92. The van der Waals surface area contributed by atoms with Gasteiger partial charge >= 0.3 is 0 Å². The average molecular weight is 253 g/mol. The van der Waals surface area contributed by atoms with Gasteiger partial charge in [-0.15, -0.1) is 0 Å². The minimum atomic E-state index is -0.895. The van der Waals surface area contributed by atoms with Crippen molar-refractivity contribution in [2.75, 3.05) is 6.54 Å². The minimum absolute atomic E-state index is 0.128. The molecule has 1 heterocycles. The summed E-state index contributed by atoms with van der Waals surface area (Å²) >= 11 is 0. The largest absolute Gasteiger partial charge is 0.388 e. The van der Waals surface area contributed by atoms with Crippen molar-refractivity contribution >= 4 is 5.91 Å². The van der Waals surface area contributed by atoms with Gasteiger partial charge in [0.05, 0.1) is 5.60 Å². The highest BCUT2D eigenvalue weighted by atomic mass is 16.3. The van der Waals surface area contributed by atoms with Crippen molar-refractivity contribution < 1.29 is 9.90 Å². The van der Waals surface area contributed by atoms with Crippen LogP contribution < -0.4 is 5.32 Å². The SMILES string of the molecule is CCc1cc(C(=O)NCC(C)(O)C(C)CC)n[nH]1. The molecule has 5 heteroatoms. The summed E-state index contributed by atoms with van der Waals surface area (Å²) < 4.78 is 0. The fraction of sp³-hybridized carbons (Fsp3) is 0.692. The number of nitrogens with zero attached hydrogens (tertiary/aromatic N) is 1. The first kappa shape index (κ1) is 14.7. The lowest BCUT2D eigenvalue weighted by Crippen LogP contribution is -2.45. The van der Waals surface area contributed by atoms with E-state index in [0.29, 0.717) is 5.69 Å². The van der Waals surface area contributed by atoms with Gasteiger partial charge in [-0.1, -0.05) is 27.2 Å². The van der Waals surface area contributed by atoms with E-state index in [0.717, 1.165) is 18.5 Å². The molecule has 1 aromatic rings. The van der Waals surface area contributed by atoms with Crippen LogP contribution in [0.5, 0.6) is 0 Å². The van der Waals surface area contributed by atoms with Crippen molar-refractivity contribution in [3.63, 3.8) is 0 Å². The number of hydrogen-bond acceptors (Lipinski definition) is 3. The molecule has 0 bridgehead atoms. The van der Waals surface area contributed by atoms with Crippen molar-refractivity contribution in [3.05, 3.63) is 17.5 Å². The molecule has 18 heavy (non-hydrogen) atoms. The monoisotopic (exact) mass is 253 g/mol. The molecular formula is C13H23N3O2. The number of H-pyrrole nitrogens is 1. The van der Waals surface area contributed by atoms with Gasteiger partial charge in [-0.2, -0.15) is 5.10 Å². The Labute approximate surface area is 108 Å². The number of aromatic amines is 1. The zero-order chi connectivity index (χ0) is 13.8. The molecule has 102 valence electrons. The lowest BCUT2D eigenvalue weighted by molar-refractivity contribution is 0.00588. The zero-order valence-electron chi connectivity index (χ0n) is 11.6. The molecule has 2 unspecified atom stereocenters. The Morgan fingerprint density at radius 3 is 2.78 bits per heavy atom. The third kappa shape index (κ3) is 3.57. The number of nitrogens with one attached hydrogen (secondary N) is 2. The molecular weight excluding hydrogens is 230 g/mol. The van der Waals surface area contributed by atoms with Crippen molar-refractivity contribution in [1.29, 1.82) is 0 Å². The molecule has 0 radical (unpaired) electrons. The Hall–Kier alpha value is -1.36. The molecule has 0 aromatic carbocycles. The van der Waals surface area contributed by atoms with Crippen LogP contribution in [0, 0.1) is 5.92 Å². The predicted molar refractivity (Wildman–Crippen MR) is 70.4 cm³/mol. The first-order chi connectivity index (χ1) is 8.40. The van der Waals surface area contributed by atoms with E-state index in [1.165, 1.54) is 0 Å². The van der Waals surface area contributed by atoms with Crippen LogP contribution in [0.15, 0.2) is 6.07 Å². The maximum absolute atomic E-state index is 11.8. The number of aryl methyl sites for hydroxylation is 1. The van der Waals surface area contributed by atoms with Crippen LogP contribution in [0.2, 0.25) is 0 Å². The van der Waals surface area contributed by atoms with Crippen LogP contribution in [0.4, 0.5) is 0 Å². The molecule has 0 saturated carbocycles.